The summed E-state index contributed by atoms with van der Waals surface area (Å²) in [5.41, 5.74) is 7.45. The molecule has 18 heavy (non-hydrogen) atoms. The minimum atomic E-state index is 0.168. The van der Waals surface area contributed by atoms with Crippen molar-refractivity contribution in [3.63, 3.8) is 0 Å². The van der Waals surface area contributed by atoms with Crippen LogP contribution in [0.2, 0.25) is 0 Å². The number of nitrogens with zero attached hydrogens (tertiary/aromatic N) is 1. The van der Waals surface area contributed by atoms with E-state index in [4.69, 9.17) is 5.73 Å². The molecule has 3 N–H and O–H groups in total. The van der Waals surface area contributed by atoms with Crippen molar-refractivity contribution < 1.29 is 0 Å². The molecule has 0 aromatic heterocycles. The fourth-order valence-corrected chi connectivity index (χ4v) is 2.61. The van der Waals surface area contributed by atoms with E-state index in [1.807, 2.05) is 0 Å². The van der Waals surface area contributed by atoms with Gasteiger partial charge >= 0.3 is 0 Å². The Morgan fingerprint density at radius 2 is 1.89 bits per heavy atom. The van der Waals surface area contributed by atoms with Gasteiger partial charge in [-0.2, -0.15) is 0 Å². The van der Waals surface area contributed by atoms with Crippen molar-refractivity contribution >= 4 is 15.9 Å². The van der Waals surface area contributed by atoms with Crippen LogP contribution in [0.15, 0.2) is 28.7 Å². The molecule has 0 spiro atoms. The number of hydrogen-bond donors (Lipinski definition) is 2. The van der Waals surface area contributed by atoms with Crippen LogP contribution in [0.25, 0.3) is 0 Å². The van der Waals surface area contributed by atoms with Crippen LogP contribution in [-0.2, 0) is 0 Å². The fourth-order valence-electron chi connectivity index (χ4n) is 2.35. The van der Waals surface area contributed by atoms with Gasteiger partial charge in [0.25, 0.3) is 0 Å². The third-order valence-corrected chi connectivity index (χ3v) is 4.03. The van der Waals surface area contributed by atoms with Crippen LogP contribution in [0, 0.1) is 0 Å². The second-order valence-electron chi connectivity index (χ2n) is 4.89. The maximum atomic E-state index is 6.21. The van der Waals surface area contributed by atoms with Crippen molar-refractivity contribution in [2.75, 3.05) is 32.7 Å². The largest absolute Gasteiger partial charge is 0.324 e. The lowest BCUT2D eigenvalue weighted by atomic mass is 10.0. The van der Waals surface area contributed by atoms with E-state index in [1.54, 1.807) is 0 Å². The van der Waals surface area contributed by atoms with Crippen molar-refractivity contribution in [1.29, 1.82) is 0 Å². The molecule has 0 aliphatic carbocycles. The molecule has 3 nitrogen and oxygen atoms in total. The molecule has 1 atom stereocenters. The van der Waals surface area contributed by atoms with E-state index in [0.29, 0.717) is 0 Å². The zero-order chi connectivity index (χ0) is 12.8. The van der Waals surface area contributed by atoms with E-state index >= 15 is 0 Å². The Kier molecular flexibility index (Phi) is 5.63. The van der Waals surface area contributed by atoms with Crippen LogP contribution < -0.4 is 11.1 Å². The average Bonchev–Trinajstić information content (AvgIpc) is 2.40. The maximum Gasteiger partial charge on any atom is 0.0295 e. The molecule has 2 rings (SSSR count). The highest BCUT2D eigenvalue weighted by atomic mass is 79.9. The van der Waals surface area contributed by atoms with Gasteiger partial charge in [-0.25, -0.2) is 0 Å². The summed E-state index contributed by atoms with van der Waals surface area (Å²) >= 11 is 3.45. The van der Waals surface area contributed by atoms with Gasteiger partial charge < -0.3 is 16.0 Å². The minimum absolute atomic E-state index is 0.168. The lowest BCUT2D eigenvalue weighted by Crippen LogP contribution is -2.43. The van der Waals surface area contributed by atoms with Gasteiger partial charge in [-0.15, -0.1) is 0 Å². The molecule has 0 amide bonds. The van der Waals surface area contributed by atoms with Crippen LogP contribution in [0.1, 0.15) is 24.4 Å². The molecule has 1 heterocycles. The van der Waals surface area contributed by atoms with Gasteiger partial charge in [0.1, 0.15) is 0 Å². The highest BCUT2D eigenvalue weighted by molar-refractivity contribution is 9.10. The van der Waals surface area contributed by atoms with Crippen molar-refractivity contribution in [2.24, 2.45) is 5.73 Å². The Morgan fingerprint density at radius 3 is 2.56 bits per heavy atom. The van der Waals surface area contributed by atoms with Crippen LogP contribution >= 0.6 is 15.9 Å². The molecule has 1 aromatic carbocycles. The molecule has 1 saturated heterocycles. The lowest BCUT2D eigenvalue weighted by Gasteiger charge is -2.27. The van der Waals surface area contributed by atoms with E-state index in [1.165, 1.54) is 31.6 Å². The first-order valence-electron chi connectivity index (χ1n) is 6.70. The Hall–Kier alpha value is -0.420. The molecular formula is C14H22BrN3. The summed E-state index contributed by atoms with van der Waals surface area (Å²) in [5.74, 6) is 0. The molecule has 100 valence electrons. The van der Waals surface area contributed by atoms with E-state index in [9.17, 15) is 0 Å². The molecule has 1 fully saturated rings. The molecule has 1 aromatic rings. The number of nitrogens with one attached hydrogen (secondary N) is 1. The SMILES string of the molecule is NC(CCCN1CCNCC1)c1ccc(Br)cc1. The first-order valence-corrected chi connectivity index (χ1v) is 7.49. The molecular weight excluding hydrogens is 290 g/mol. The van der Waals surface area contributed by atoms with E-state index in [0.717, 1.165) is 24.0 Å². The summed E-state index contributed by atoms with van der Waals surface area (Å²) in [5, 5.41) is 3.37. The van der Waals surface area contributed by atoms with Gasteiger partial charge in [-0.1, -0.05) is 28.1 Å². The summed E-state index contributed by atoms with van der Waals surface area (Å²) in [6.07, 6.45) is 2.24. The Morgan fingerprint density at radius 1 is 1.22 bits per heavy atom. The van der Waals surface area contributed by atoms with Crippen molar-refractivity contribution in [1.82, 2.24) is 10.2 Å². The Balaban J connectivity index is 1.70. The molecule has 4 heteroatoms. The van der Waals surface area contributed by atoms with E-state index in [-0.39, 0.29) is 6.04 Å². The molecule has 0 radical (unpaired) electrons. The molecule has 0 saturated carbocycles. The van der Waals surface area contributed by atoms with Crippen LogP contribution in [0.4, 0.5) is 0 Å². The molecule has 1 aliphatic heterocycles. The zero-order valence-electron chi connectivity index (χ0n) is 10.7. The van der Waals surface area contributed by atoms with Gasteiger partial charge in [0.2, 0.25) is 0 Å². The molecule has 0 bridgehead atoms. The van der Waals surface area contributed by atoms with Crippen LogP contribution in [0.3, 0.4) is 0 Å². The Bertz CT molecular complexity index is 347. The number of piperazine rings is 1. The normalized spacial score (nSPS) is 18.8. The monoisotopic (exact) mass is 311 g/mol. The first-order chi connectivity index (χ1) is 8.75. The second-order valence-corrected chi connectivity index (χ2v) is 5.81. The number of hydrogen-bond acceptors (Lipinski definition) is 3. The van der Waals surface area contributed by atoms with Gasteiger partial charge in [-0.05, 0) is 37.1 Å². The highest BCUT2D eigenvalue weighted by Crippen LogP contribution is 2.18. The standard InChI is InChI=1S/C14H22BrN3/c15-13-5-3-12(4-6-13)14(16)2-1-9-18-10-7-17-8-11-18/h3-6,14,17H,1-2,7-11,16H2. The predicted octanol–water partition coefficient (Wildman–Crippen LogP) is 2.13. The second kappa shape index (κ2) is 7.24. The first kappa shape index (κ1) is 14.0. The van der Waals surface area contributed by atoms with E-state index in [2.05, 4.69) is 50.4 Å². The number of benzene rings is 1. The van der Waals surface area contributed by atoms with Crippen molar-refractivity contribution in [3.05, 3.63) is 34.3 Å². The van der Waals surface area contributed by atoms with Crippen molar-refractivity contribution in [2.45, 2.75) is 18.9 Å². The average molecular weight is 312 g/mol. The summed E-state index contributed by atoms with van der Waals surface area (Å²) in [6, 6.07) is 8.51. The third-order valence-electron chi connectivity index (χ3n) is 3.50. The van der Waals surface area contributed by atoms with Gasteiger partial charge in [0.15, 0.2) is 0 Å². The summed E-state index contributed by atoms with van der Waals surface area (Å²) in [7, 11) is 0. The van der Waals surface area contributed by atoms with Gasteiger partial charge in [0.05, 0.1) is 0 Å². The van der Waals surface area contributed by atoms with Gasteiger partial charge in [-0.3, -0.25) is 0 Å². The minimum Gasteiger partial charge on any atom is -0.324 e. The molecule has 1 unspecified atom stereocenters. The molecule has 1 aliphatic rings. The smallest absolute Gasteiger partial charge is 0.0295 e. The van der Waals surface area contributed by atoms with Gasteiger partial charge in [0, 0.05) is 36.7 Å². The predicted molar refractivity (Wildman–Crippen MR) is 79.6 cm³/mol. The topological polar surface area (TPSA) is 41.3 Å². The number of rotatable bonds is 5. The number of halogens is 1. The summed E-state index contributed by atoms with van der Waals surface area (Å²) < 4.78 is 1.11. The lowest BCUT2D eigenvalue weighted by molar-refractivity contribution is 0.235. The summed E-state index contributed by atoms with van der Waals surface area (Å²) in [6.45, 7) is 5.77. The van der Waals surface area contributed by atoms with E-state index < -0.39 is 0 Å². The highest BCUT2D eigenvalue weighted by Gasteiger charge is 2.10. The maximum absolute atomic E-state index is 6.21. The van der Waals surface area contributed by atoms with Crippen LogP contribution in [-0.4, -0.2) is 37.6 Å². The van der Waals surface area contributed by atoms with Crippen molar-refractivity contribution in [3.8, 4) is 0 Å². The fraction of sp³-hybridized carbons (Fsp3) is 0.571. The third kappa shape index (κ3) is 4.35. The van der Waals surface area contributed by atoms with Crippen LogP contribution in [0.5, 0.6) is 0 Å². The zero-order valence-corrected chi connectivity index (χ0v) is 12.3. The number of nitrogens with two attached hydrogens (primary N) is 1. The Labute approximate surface area is 118 Å². The quantitative estimate of drug-likeness (QED) is 0.875. The summed E-state index contributed by atoms with van der Waals surface area (Å²) in [4.78, 5) is 2.52.